The molecule has 11 nitrogen and oxygen atoms in total. The SMILES string of the molecule is Cl.Cl.N[C@H]1CC[C@H](Nc2nc(NC3CCN(OC(=O)Nc4cc(F)ccc4F)CC3)c3ncn(C4CCCC4)c3n2)CC1. The van der Waals surface area contributed by atoms with Gasteiger partial charge in [-0.25, -0.2) is 18.6 Å². The minimum absolute atomic E-state index is 0. The summed E-state index contributed by atoms with van der Waals surface area (Å²) in [6, 6.07) is 3.88. The van der Waals surface area contributed by atoms with Crippen LogP contribution >= 0.6 is 24.8 Å². The number of imidazole rings is 1. The van der Waals surface area contributed by atoms with Gasteiger partial charge in [0.15, 0.2) is 17.0 Å². The Hall–Kier alpha value is -3.00. The van der Waals surface area contributed by atoms with Crippen molar-refractivity contribution in [2.24, 2.45) is 5.73 Å². The summed E-state index contributed by atoms with van der Waals surface area (Å²) in [5.41, 5.74) is 7.43. The lowest BCUT2D eigenvalue weighted by atomic mass is 9.92. The molecule has 2 aromatic heterocycles. The van der Waals surface area contributed by atoms with Gasteiger partial charge in [0.05, 0.1) is 12.0 Å². The van der Waals surface area contributed by atoms with Crippen molar-refractivity contribution in [2.45, 2.75) is 88.4 Å². The van der Waals surface area contributed by atoms with Gasteiger partial charge in [0.2, 0.25) is 5.95 Å². The maximum absolute atomic E-state index is 13.9. The number of nitrogens with zero attached hydrogens (tertiary/aromatic N) is 5. The molecule has 2 aliphatic carbocycles. The fraction of sp³-hybridized carbons (Fsp3) is 0.571. The van der Waals surface area contributed by atoms with E-state index in [-0.39, 0.29) is 48.6 Å². The lowest BCUT2D eigenvalue weighted by Crippen LogP contribution is -2.41. The molecule has 1 aliphatic heterocycles. The highest BCUT2D eigenvalue weighted by Crippen LogP contribution is 2.34. The summed E-state index contributed by atoms with van der Waals surface area (Å²) in [6.45, 7) is 0.934. The van der Waals surface area contributed by atoms with Gasteiger partial charge in [-0.1, -0.05) is 12.8 Å². The summed E-state index contributed by atoms with van der Waals surface area (Å²) in [5.74, 6) is -0.0943. The molecule has 0 atom stereocenters. The van der Waals surface area contributed by atoms with Crippen LogP contribution in [0.3, 0.4) is 0 Å². The van der Waals surface area contributed by atoms with E-state index in [0.29, 0.717) is 43.7 Å². The van der Waals surface area contributed by atoms with Crippen LogP contribution in [0.2, 0.25) is 0 Å². The predicted octanol–water partition coefficient (Wildman–Crippen LogP) is 5.79. The van der Waals surface area contributed by atoms with Crippen molar-refractivity contribution in [2.75, 3.05) is 29.0 Å². The second-order valence-corrected chi connectivity index (χ2v) is 11.4. The first-order valence-electron chi connectivity index (χ1n) is 14.6. The third kappa shape index (κ3) is 7.94. The second kappa shape index (κ2) is 14.7. The van der Waals surface area contributed by atoms with Crippen LogP contribution in [0.25, 0.3) is 11.2 Å². The van der Waals surface area contributed by atoms with Crippen LogP contribution in [0.5, 0.6) is 0 Å². The Bertz CT molecular complexity index is 1380. The Morgan fingerprint density at radius 3 is 2.35 bits per heavy atom. The van der Waals surface area contributed by atoms with Crippen molar-refractivity contribution in [1.29, 1.82) is 0 Å². The van der Waals surface area contributed by atoms with Crippen molar-refractivity contribution in [1.82, 2.24) is 24.6 Å². The number of nitrogens with one attached hydrogen (secondary N) is 3. The van der Waals surface area contributed by atoms with Crippen molar-refractivity contribution >= 4 is 59.5 Å². The Morgan fingerprint density at radius 2 is 1.63 bits per heavy atom. The summed E-state index contributed by atoms with van der Waals surface area (Å²) in [5, 5.41) is 10.9. The average molecular weight is 643 g/mol. The molecule has 0 spiro atoms. The van der Waals surface area contributed by atoms with Crippen molar-refractivity contribution < 1.29 is 18.4 Å². The van der Waals surface area contributed by atoms with E-state index in [4.69, 9.17) is 25.5 Å². The molecular formula is C28H39Cl2F2N9O2. The number of hydrogen-bond acceptors (Lipinski definition) is 9. The first-order chi connectivity index (χ1) is 19.9. The summed E-state index contributed by atoms with van der Waals surface area (Å²) in [4.78, 5) is 32.1. The smallest absolute Gasteiger partial charge is 0.365 e. The van der Waals surface area contributed by atoms with Crippen LogP contribution in [0, 0.1) is 11.6 Å². The molecule has 0 radical (unpaired) electrons. The molecule has 1 amide bonds. The van der Waals surface area contributed by atoms with Crippen LogP contribution in [-0.2, 0) is 4.84 Å². The normalized spacial score (nSPS) is 21.6. The molecular weight excluding hydrogens is 603 g/mol. The van der Waals surface area contributed by atoms with Crippen molar-refractivity contribution in [3.8, 4) is 0 Å². The number of piperidine rings is 1. The molecule has 236 valence electrons. The zero-order chi connectivity index (χ0) is 28.3. The van der Waals surface area contributed by atoms with Crippen molar-refractivity contribution in [3.63, 3.8) is 0 Å². The summed E-state index contributed by atoms with van der Waals surface area (Å²) in [6.07, 6.45) is 11.0. The Balaban J connectivity index is 0.00000212. The molecule has 43 heavy (non-hydrogen) atoms. The predicted molar refractivity (Wildman–Crippen MR) is 166 cm³/mol. The van der Waals surface area contributed by atoms with Gasteiger partial charge in [-0.2, -0.15) is 9.97 Å². The minimum Gasteiger partial charge on any atom is -0.365 e. The highest BCUT2D eigenvalue weighted by molar-refractivity contribution is 5.86. The van der Waals surface area contributed by atoms with Gasteiger partial charge < -0.3 is 25.8 Å². The maximum atomic E-state index is 13.9. The molecule has 0 bridgehead atoms. The second-order valence-electron chi connectivity index (χ2n) is 11.4. The Morgan fingerprint density at radius 1 is 0.930 bits per heavy atom. The van der Waals surface area contributed by atoms with Gasteiger partial charge in [-0.05, 0) is 63.5 Å². The average Bonchev–Trinajstić information content (AvgIpc) is 3.63. The molecule has 0 unspecified atom stereocenters. The molecule has 1 aromatic carbocycles. The first-order valence-corrected chi connectivity index (χ1v) is 14.6. The van der Waals surface area contributed by atoms with E-state index in [1.54, 1.807) is 0 Å². The molecule has 1 saturated heterocycles. The topological polar surface area (TPSA) is 135 Å². The highest BCUT2D eigenvalue weighted by atomic mass is 35.5. The summed E-state index contributed by atoms with van der Waals surface area (Å²) >= 11 is 0. The summed E-state index contributed by atoms with van der Waals surface area (Å²) in [7, 11) is 0. The van der Waals surface area contributed by atoms with Crippen LogP contribution in [0.15, 0.2) is 24.5 Å². The van der Waals surface area contributed by atoms with E-state index in [9.17, 15) is 13.6 Å². The van der Waals surface area contributed by atoms with E-state index in [2.05, 4.69) is 20.5 Å². The van der Waals surface area contributed by atoms with E-state index in [1.807, 2.05) is 6.33 Å². The quantitative estimate of drug-likeness (QED) is 0.253. The lowest BCUT2D eigenvalue weighted by molar-refractivity contribution is -0.107. The van der Waals surface area contributed by atoms with Gasteiger partial charge in [0.25, 0.3) is 0 Å². The van der Waals surface area contributed by atoms with Gasteiger partial charge in [-0.15, -0.1) is 29.9 Å². The Labute approximate surface area is 261 Å². The maximum Gasteiger partial charge on any atom is 0.430 e. The number of carbonyl (C=O) groups is 1. The number of rotatable bonds is 7. The lowest BCUT2D eigenvalue weighted by Gasteiger charge is -2.31. The molecule has 3 fully saturated rings. The molecule has 5 N–H and O–H groups in total. The number of carbonyl (C=O) groups excluding carboxylic acids is 1. The summed E-state index contributed by atoms with van der Waals surface area (Å²) < 4.78 is 29.5. The van der Waals surface area contributed by atoms with E-state index in [0.717, 1.165) is 67.9 Å². The number of amides is 1. The number of anilines is 3. The third-order valence-electron chi connectivity index (χ3n) is 8.42. The number of hydrogen-bond donors (Lipinski definition) is 4. The third-order valence-corrected chi connectivity index (χ3v) is 8.42. The van der Waals surface area contributed by atoms with Crippen LogP contribution in [-0.4, -0.2) is 61.9 Å². The first kappa shape index (κ1) is 32.9. The van der Waals surface area contributed by atoms with E-state index in [1.165, 1.54) is 17.9 Å². The van der Waals surface area contributed by atoms with Gasteiger partial charge in [-0.3, -0.25) is 5.32 Å². The fourth-order valence-electron chi connectivity index (χ4n) is 6.11. The van der Waals surface area contributed by atoms with Crippen LogP contribution in [0.4, 0.5) is 31.0 Å². The Kier molecular flexibility index (Phi) is 11.2. The van der Waals surface area contributed by atoms with Crippen LogP contribution in [0.1, 0.15) is 70.3 Å². The number of aromatic nitrogens is 4. The fourth-order valence-corrected chi connectivity index (χ4v) is 6.11. The van der Waals surface area contributed by atoms with E-state index < -0.39 is 17.7 Å². The number of nitrogens with two attached hydrogens (primary N) is 1. The largest absolute Gasteiger partial charge is 0.430 e. The number of hydroxylamine groups is 2. The molecule has 6 rings (SSSR count). The number of fused-ring (bicyclic) bond motifs is 1. The number of benzene rings is 1. The van der Waals surface area contributed by atoms with Crippen molar-refractivity contribution in [3.05, 3.63) is 36.2 Å². The molecule has 15 heteroatoms. The van der Waals surface area contributed by atoms with Gasteiger partial charge >= 0.3 is 6.09 Å². The molecule has 3 heterocycles. The minimum atomic E-state index is -0.866. The standard InChI is InChI=1S/C28H37F2N9O2.2ClH/c29-17-5-10-22(30)23(15-17)35-28(40)41-38-13-11-20(12-14-38)33-25-24-26(39(16-32-24)21-3-1-2-4-21)37-27(36-25)34-19-8-6-18(31)7-9-19;;/h5,10,15-16,18-21H,1-4,6-9,11-14,31H2,(H,35,40)(H2,33,34,36,37);2*1H/t18-,19-;;. The molecule has 3 aliphatic rings. The van der Waals surface area contributed by atoms with E-state index >= 15 is 0 Å². The number of halogens is 4. The van der Waals surface area contributed by atoms with Gasteiger partial charge in [0.1, 0.15) is 11.6 Å². The molecule has 2 saturated carbocycles. The highest BCUT2D eigenvalue weighted by Gasteiger charge is 2.27. The zero-order valence-corrected chi connectivity index (χ0v) is 25.4. The molecule has 3 aromatic rings. The zero-order valence-electron chi connectivity index (χ0n) is 23.8. The van der Waals surface area contributed by atoms with Crippen LogP contribution < -0.4 is 21.7 Å². The van der Waals surface area contributed by atoms with Gasteiger partial charge in [0, 0.05) is 43.3 Å². The monoisotopic (exact) mass is 641 g/mol.